The quantitative estimate of drug-likeness (QED) is 0.542. The minimum Gasteiger partial charge on any atom is -0.306 e. The van der Waals surface area contributed by atoms with Crippen molar-refractivity contribution in [2.75, 3.05) is 4.72 Å². The Balaban J connectivity index is 1.62. The van der Waals surface area contributed by atoms with Gasteiger partial charge in [-0.25, -0.2) is 13.4 Å². The third-order valence-corrected chi connectivity index (χ3v) is 5.88. The van der Waals surface area contributed by atoms with E-state index in [9.17, 15) is 8.42 Å². The first kappa shape index (κ1) is 18.3. The summed E-state index contributed by atoms with van der Waals surface area (Å²) in [5, 5.41) is 0. The van der Waals surface area contributed by atoms with Gasteiger partial charge >= 0.3 is 0 Å². The lowest BCUT2D eigenvalue weighted by Crippen LogP contribution is -2.15. The van der Waals surface area contributed by atoms with Crippen LogP contribution < -0.4 is 4.72 Å². The summed E-state index contributed by atoms with van der Waals surface area (Å²) < 4.78 is 30.0. The fourth-order valence-electron chi connectivity index (χ4n) is 3.07. The van der Waals surface area contributed by atoms with E-state index in [4.69, 9.17) is 0 Å². The molecule has 0 atom stereocenters. The van der Waals surface area contributed by atoms with Crippen LogP contribution >= 0.6 is 0 Å². The topological polar surface area (TPSA) is 63.5 Å². The van der Waals surface area contributed by atoms with Gasteiger partial charge in [-0.3, -0.25) is 4.72 Å². The van der Waals surface area contributed by atoms with Gasteiger partial charge in [-0.1, -0.05) is 48.0 Å². The van der Waals surface area contributed by atoms with Crippen LogP contribution in [-0.4, -0.2) is 17.8 Å². The Bertz CT molecular complexity index is 1210. The molecule has 0 aliphatic carbocycles. The zero-order valence-electron chi connectivity index (χ0n) is 15.8. The van der Waals surface area contributed by atoms with Crippen LogP contribution in [0.2, 0.25) is 0 Å². The summed E-state index contributed by atoms with van der Waals surface area (Å²) in [4.78, 5) is 4.61. The van der Waals surface area contributed by atoms with Crippen molar-refractivity contribution in [2.45, 2.75) is 19.6 Å². The molecule has 0 spiro atoms. The van der Waals surface area contributed by atoms with Gasteiger partial charge in [-0.15, -0.1) is 0 Å². The summed E-state index contributed by atoms with van der Waals surface area (Å²) in [6, 6.07) is 19.0. The first-order valence-electron chi connectivity index (χ1n) is 9.00. The standard InChI is InChI=1S/C22H21N3O2S/c1-16-6-9-18(10-7-16)15-28(26,27)24-20-13-19(11-8-17(20)2)21-14-25-12-4-3-5-22(25)23-21/h3-14,24H,15H2,1-2H3. The minimum absolute atomic E-state index is 0.0642. The molecule has 6 heteroatoms. The fraction of sp³-hybridized carbons (Fsp3) is 0.136. The van der Waals surface area contributed by atoms with Gasteiger partial charge in [0.15, 0.2) is 0 Å². The summed E-state index contributed by atoms with van der Waals surface area (Å²) in [5.74, 6) is -0.0642. The lowest BCUT2D eigenvalue weighted by molar-refractivity contribution is 0.600. The second-order valence-corrected chi connectivity index (χ2v) is 8.69. The normalized spacial score (nSPS) is 11.6. The Morgan fingerprint density at radius 2 is 1.79 bits per heavy atom. The molecule has 2 heterocycles. The molecule has 0 saturated heterocycles. The smallest absolute Gasteiger partial charge is 0.236 e. The largest absolute Gasteiger partial charge is 0.306 e. The number of hydrogen-bond donors (Lipinski definition) is 1. The van der Waals surface area contributed by atoms with E-state index in [1.54, 1.807) is 0 Å². The zero-order valence-corrected chi connectivity index (χ0v) is 16.6. The number of pyridine rings is 1. The number of nitrogens with one attached hydrogen (secondary N) is 1. The van der Waals surface area contributed by atoms with Crippen LogP contribution in [-0.2, 0) is 15.8 Å². The Labute approximate surface area is 164 Å². The van der Waals surface area contributed by atoms with E-state index in [-0.39, 0.29) is 5.75 Å². The first-order chi connectivity index (χ1) is 13.4. The van der Waals surface area contributed by atoms with Gasteiger partial charge in [-0.2, -0.15) is 0 Å². The van der Waals surface area contributed by atoms with E-state index in [2.05, 4.69) is 9.71 Å². The van der Waals surface area contributed by atoms with Crippen molar-refractivity contribution in [2.24, 2.45) is 0 Å². The van der Waals surface area contributed by atoms with Crippen molar-refractivity contribution >= 4 is 21.4 Å². The zero-order chi connectivity index (χ0) is 19.7. The number of hydrogen-bond acceptors (Lipinski definition) is 3. The van der Waals surface area contributed by atoms with Gasteiger partial charge < -0.3 is 4.40 Å². The van der Waals surface area contributed by atoms with E-state index < -0.39 is 10.0 Å². The van der Waals surface area contributed by atoms with Crippen LogP contribution in [0.15, 0.2) is 73.1 Å². The SMILES string of the molecule is Cc1ccc(CS(=O)(=O)Nc2cc(-c3cn4ccccc4n3)ccc2C)cc1. The molecule has 2 aromatic carbocycles. The molecule has 0 aliphatic rings. The molecule has 0 aliphatic heterocycles. The van der Waals surface area contributed by atoms with E-state index in [1.165, 1.54) is 0 Å². The molecule has 4 rings (SSSR count). The van der Waals surface area contributed by atoms with Crippen LogP contribution in [0, 0.1) is 13.8 Å². The van der Waals surface area contributed by atoms with E-state index >= 15 is 0 Å². The molecule has 0 unspecified atom stereocenters. The number of benzene rings is 2. The first-order valence-corrected chi connectivity index (χ1v) is 10.7. The molecular formula is C22H21N3O2S. The number of sulfonamides is 1. The molecule has 4 aromatic rings. The highest BCUT2D eigenvalue weighted by Gasteiger charge is 2.14. The average Bonchev–Trinajstić information content (AvgIpc) is 3.09. The Morgan fingerprint density at radius 3 is 2.54 bits per heavy atom. The van der Waals surface area contributed by atoms with Crippen molar-refractivity contribution in [1.82, 2.24) is 9.38 Å². The van der Waals surface area contributed by atoms with Crippen LogP contribution in [0.4, 0.5) is 5.69 Å². The van der Waals surface area contributed by atoms with Crippen molar-refractivity contribution in [1.29, 1.82) is 0 Å². The minimum atomic E-state index is -3.52. The van der Waals surface area contributed by atoms with Crippen LogP contribution in [0.25, 0.3) is 16.9 Å². The summed E-state index contributed by atoms with van der Waals surface area (Å²) in [7, 11) is -3.52. The van der Waals surface area contributed by atoms with Crippen LogP contribution in [0.3, 0.4) is 0 Å². The second kappa shape index (κ2) is 7.13. The van der Waals surface area contributed by atoms with E-state index in [0.717, 1.165) is 33.6 Å². The van der Waals surface area contributed by atoms with E-state index in [1.807, 2.05) is 91.3 Å². The van der Waals surface area contributed by atoms with Gasteiger partial charge in [0.25, 0.3) is 0 Å². The van der Waals surface area contributed by atoms with Crippen molar-refractivity contribution < 1.29 is 8.42 Å². The number of imidazole rings is 1. The van der Waals surface area contributed by atoms with Gasteiger partial charge in [0.05, 0.1) is 17.1 Å². The average molecular weight is 391 g/mol. The summed E-state index contributed by atoms with van der Waals surface area (Å²) in [6.07, 6.45) is 3.87. The highest BCUT2D eigenvalue weighted by molar-refractivity contribution is 7.91. The maximum atomic E-state index is 12.7. The number of aromatic nitrogens is 2. The fourth-order valence-corrected chi connectivity index (χ4v) is 4.33. The second-order valence-electron chi connectivity index (χ2n) is 6.97. The summed E-state index contributed by atoms with van der Waals surface area (Å²) in [6.45, 7) is 3.86. The molecule has 0 saturated carbocycles. The Kier molecular flexibility index (Phi) is 4.65. The Hall–Kier alpha value is -3.12. The third kappa shape index (κ3) is 3.92. The van der Waals surface area contributed by atoms with Gasteiger partial charge in [0.2, 0.25) is 10.0 Å². The van der Waals surface area contributed by atoms with Gasteiger partial charge in [-0.05, 0) is 43.2 Å². The van der Waals surface area contributed by atoms with Crippen molar-refractivity contribution in [3.63, 3.8) is 0 Å². The molecule has 0 amide bonds. The molecule has 0 bridgehead atoms. The molecule has 2 aromatic heterocycles. The van der Waals surface area contributed by atoms with Crippen molar-refractivity contribution in [3.8, 4) is 11.3 Å². The number of rotatable bonds is 5. The number of anilines is 1. The lowest BCUT2D eigenvalue weighted by atomic mass is 10.1. The summed E-state index contributed by atoms with van der Waals surface area (Å²) >= 11 is 0. The molecule has 142 valence electrons. The van der Waals surface area contributed by atoms with Gasteiger partial charge in [0, 0.05) is 18.0 Å². The van der Waals surface area contributed by atoms with Crippen LogP contribution in [0.1, 0.15) is 16.7 Å². The highest BCUT2D eigenvalue weighted by atomic mass is 32.2. The molecule has 5 nitrogen and oxygen atoms in total. The monoisotopic (exact) mass is 391 g/mol. The van der Waals surface area contributed by atoms with Crippen LogP contribution in [0.5, 0.6) is 0 Å². The van der Waals surface area contributed by atoms with E-state index in [0.29, 0.717) is 5.69 Å². The van der Waals surface area contributed by atoms with Crippen molar-refractivity contribution in [3.05, 3.63) is 89.7 Å². The predicted octanol–water partition coefficient (Wildman–Crippen LogP) is 4.56. The Morgan fingerprint density at radius 1 is 1.00 bits per heavy atom. The maximum Gasteiger partial charge on any atom is 0.236 e. The number of aryl methyl sites for hydroxylation is 2. The molecule has 28 heavy (non-hydrogen) atoms. The molecule has 0 radical (unpaired) electrons. The molecule has 0 fully saturated rings. The molecule has 1 N–H and O–H groups in total. The maximum absolute atomic E-state index is 12.7. The third-order valence-electron chi connectivity index (χ3n) is 4.64. The highest BCUT2D eigenvalue weighted by Crippen LogP contribution is 2.26. The predicted molar refractivity (Wildman–Crippen MR) is 113 cm³/mol. The molecular weight excluding hydrogens is 370 g/mol. The van der Waals surface area contributed by atoms with Gasteiger partial charge in [0.1, 0.15) is 5.65 Å². The number of nitrogens with zero attached hydrogens (tertiary/aromatic N) is 2. The number of fused-ring (bicyclic) bond motifs is 1. The lowest BCUT2D eigenvalue weighted by Gasteiger charge is -2.12. The summed E-state index contributed by atoms with van der Waals surface area (Å²) in [5.41, 5.74) is 5.80.